The molecule has 0 aliphatic carbocycles. The van der Waals surface area contributed by atoms with Gasteiger partial charge in [0.1, 0.15) is 10.7 Å². The van der Waals surface area contributed by atoms with E-state index in [0.29, 0.717) is 10.1 Å². The van der Waals surface area contributed by atoms with Crippen molar-refractivity contribution < 1.29 is 4.74 Å². The molecular formula is C19H19N3OS2. The molecule has 1 aliphatic heterocycles. The molecule has 1 atom stereocenters. The van der Waals surface area contributed by atoms with Crippen LogP contribution in [0.5, 0.6) is 5.75 Å². The number of methoxy groups -OCH3 is 1. The molecule has 0 radical (unpaired) electrons. The smallest absolute Gasteiger partial charge is 0.171 e. The molecule has 3 N–H and O–H groups in total. The van der Waals surface area contributed by atoms with Crippen molar-refractivity contribution in [3.8, 4) is 5.75 Å². The second-order valence-electron chi connectivity index (χ2n) is 5.66. The van der Waals surface area contributed by atoms with E-state index in [2.05, 4.69) is 16.0 Å². The Morgan fingerprint density at radius 1 is 1.08 bits per heavy atom. The molecule has 3 rings (SSSR count). The van der Waals surface area contributed by atoms with Crippen LogP contribution >= 0.6 is 24.4 Å². The number of hydrogen-bond donors (Lipinski definition) is 3. The average Bonchev–Trinajstić information content (AvgIpc) is 2.62. The molecule has 0 fully saturated rings. The van der Waals surface area contributed by atoms with Gasteiger partial charge in [-0.1, -0.05) is 42.5 Å². The van der Waals surface area contributed by atoms with Crippen LogP contribution in [0.25, 0.3) is 0 Å². The molecular weight excluding hydrogens is 350 g/mol. The second kappa shape index (κ2) is 7.63. The number of anilines is 1. The highest BCUT2D eigenvalue weighted by Gasteiger charge is 2.27. The molecule has 2 aromatic rings. The van der Waals surface area contributed by atoms with Gasteiger partial charge in [-0.25, -0.2) is 0 Å². The highest BCUT2D eigenvalue weighted by atomic mass is 32.1. The Morgan fingerprint density at radius 3 is 2.40 bits per heavy atom. The fraction of sp³-hybridized carbons (Fsp3) is 0.158. The van der Waals surface area contributed by atoms with E-state index in [-0.39, 0.29) is 6.04 Å². The maximum Gasteiger partial charge on any atom is 0.171 e. The molecule has 128 valence electrons. The predicted molar refractivity (Wildman–Crippen MR) is 110 cm³/mol. The molecule has 1 heterocycles. The van der Waals surface area contributed by atoms with Crippen molar-refractivity contribution in [2.75, 3.05) is 12.4 Å². The number of thiocarbonyl (C=S) groups is 2. The number of para-hydroxylation sites is 1. The van der Waals surface area contributed by atoms with Gasteiger partial charge in [0.25, 0.3) is 0 Å². The summed E-state index contributed by atoms with van der Waals surface area (Å²) in [5, 5.41) is 10.4. The van der Waals surface area contributed by atoms with Crippen LogP contribution in [0.1, 0.15) is 18.5 Å². The molecule has 25 heavy (non-hydrogen) atoms. The van der Waals surface area contributed by atoms with Crippen LogP contribution in [-0.4, -0.2) is 17.2 Å². The SMILES string of the molecule is COc1ccc([C@H]2NC(=S)NC(C)=C2C(=S)Nc2ccccc2)cc1. The van der Waals surface area contributed by atoms with E-state index < -0.39 is 0 Å². The van der Waals surface area contributed by atoms with Gasteiger partial charge in [-0.15, -0.1) is 0 Å². The number of benzene rings is 2. The van der Waals surface area contributed by atoms with E-state index in [4.69, 9.17) is 29.2 Å². The Kier molecular flexibility index (Phi) is 5.31. The molecule has 0 spiro atoms. The Balaban J connectivity index is 1.93. The van der Waals surface area contributed by atoms with Gasteiger partial charge in [-0.2, -0.15) is 0 Å². The van der Waals surface area contributed by atoms with Crippen molar-refractivity contribution in [1.82, 2.24) is 10.6 Å². The van der Waals surface area contributed by atoms with E-state index in [1.807, 2.05) is 61.5 Å². The maximum atomic E-state index is 5.68. The number of ether oxygens (including phenoxy) is 1. The predicted octanol–water partition coefficient (Wildman–Crippen LogP) is 3.93. The van der Waals surface area contributed by atoms with Crippen LogP contribution in [0, 0.1) is 0 Å². The zero-order valence-corrected chi connectivity index (χ0v) is 15.6. The molecule has 0 amide bonds. The van der Waals surface area contributed by atoms with E-state index in [0.717, 1.165) is 28.3 Å². The van der Waals surface area contributed by atoms with Crippen molar-refractivity contribution in [3.05, 3.63) is 71.4 Å². The fourth-order valence-corrected chi connectivity index (χ4v) is 3.42. The minimum absolute atomic E-state index is 0.122. The second-order valence-corrected chi connectivity index (χ2v) is 6.48. The molecule has 0 saturated carbocycles. The van der Waals surface area contributed by atoms with Gasteiger partial charge in [0.15, 0.2) is 5.11 Å². The standard InChI is InChI=1S/C19H19N3OS2/c1-12-16(18(24)21-14-6-4-3-5-7-14)17(22-19(25)20-12)13-8-10-15(23-2)11-9-13/h3-11,17H,1-2H3,(H,21,24)(H2,20,22,25)/t17-/m1/s1. The summed E-state index contributed by atoms with van der Waals surface area (Å²) >= 11 is 11.0. The Hall–Kier alpha value is -2.44. The third-order valence-corrected chi connectivity index (χ3v) is 4.54. The van der Waals surface area contributed by atoms with Gasteiger partial charge in [-0.3, -0.25) is 0 Å². The molecule has 0 aromatic heterocycles. The molecule has 1 aliphatic rings. The van der Waals surface area contributed by atoms with Crippen molar-refractivity contribution >= 4 is 40.2 Å². The lowest BCUT2D eigenvalue weighted by Gasteiger charge is -2.31. The first-order chi connectivity index (χ1) is 12.1. The van der Waals surface area contributed by atoms with Crippen LogP contribution in [0.4, 0.5) is 5.69 Å². The van der Waals surface area contributed by atoms with Crippen LogP contribution in [0.3, 0.4) is 0 Å². The number of nitrogens with one attached hydrogen (secondary N) is 3. The topological polar surface area (TPSA) is 45.3 Å². The van der Waals surface area contributed by atoms with Crippen LogP contribution < -0.4 is 20.7 Å². The van der Waals surface area contributed by atoms with E-state index >= 15 is 0 Å². The van der Waals surface area contributed by atoms with Gasteiger partial charge in [0, 0.05) is 17.0 Å². The minimum Gasteiger partial charge on any atom is -0.497 e. The number of rotatable bonds is 4. The summed E-state index contributed by atoms with van der Waals surface area (Å²) in [7, 11) is 1.65. The summed E-state index contributed by atoms with van der Waals surface area (Å²) in [6.07, 6.45) is 0. The first-order valence-electron chi connectivity index (χ1n) is 7.87. The van der Waals surface area contributed by atoms with E-state index in [1.54, 1.807) is 7.11 Å². The number of hydrogen-bond acceptors (Lipinski definition) is 3. The Labute approximate surface area is 158 Å². The minimum atomic E-state index is -0.122. The lowest BCUT2D eigenvalue weighted by molar-refractivity contribution is 0.414. The normalized spacial score (nSPS) is 16.7. The first-order valence-corrected chi connectivity index (χ1v) is 8.69. The zero-order valence-electron chi connectivity index (χ0n) is 14.0. The van der Waals surface area contributed by atoms with E-state index in [9.17, 15) is 0 Å². The largest absolute Gasteiger partial charge is 0.497 e. The van der Waals surface area contributed by atoms with Gasteiger partial charge < -0.3 is 20.7 Å². The summed E-state index contributed by atoms with van der Waals surface area (Å²) < 4.78 is 5.24. The average molecular weight is 370 g/mol. The lowest BCUT2D eigenvalue weighted by Crippen LogP contribution is -2.45. The highest BCUT2D eigenvalue weighted by Crippen LogP contribution is 2.29. The zero-order chi connectivity index (χ0) is 17.8. The lowest BCUT2D eigenvalue weighted by atomic mass is 9.95. The molecule has 0 saturated heterocycles. The molecule has 6 heteroatoms. The van der Waals surface area contributed by atoms with Crippen molar-refractivity contribution in [2.45, 2.75) is 13.0 Å². The first kappa shape index (κ1) is 17.4. The third-order valence-electron chi connectivity index (χ3n) is 3.99. The Morgan fingerprint density at radius 2 is 1.76 bits per heavy atom. The van der Waals surface area contributed by atoms with Crippen molar-refractivity contribution in [3.63, 3.8) is 0 Å². The fourth-order valence-electron chi connectivity index (χ4n) is 2.76. The summed E-state index contributed by atoms with van der Waals surface area (Å²) in [6.45, 7) is 1.98. The molecule has 2 aromatic carbocycles. The molecule has 0 unspecified atom stereocenters. The highest BCUT2D eigenvalue weighted by molar-refractivity contribution is 7.81. The van der Waals surface area contributed by atoms with Gasteiger partial charge in [-0.05, 0) is 49.0 Å². The van der Waals surface area contributed by atoms with Crippen LogP contribution in [0.2, 0.25) is 0 Å². The van der Waals surface area contributed by atoms with Gasteiger partial charge >= 0.3 is 0 Å². The van der Waals surface area contributed by atoms with Gasteiger partial charge in [0.2, 0.25) is 0 Å². The van der Waals surface area contributed by atoms with Gasteiger partial charge in [0.05, 0.1) is 13.2 Å². The molecule has 0 bridgehead atoms. The van der Waals surface area contributed by atoms with Crippen molar-refractivity contribution in [2.24, 2.45) is 0 Å². The summed E-state index contributed by atoms with van der Waals surface area (Å²) in [6, 6.07) is 17.7. The maximum absolute atomic E-state index is 5.68. The number of allylic oxidation sites excluding steroid dienone is 1. The van der Waals surface area contributed by atoms with Crippen LogP contribution in [0.15, 0.2) is 65.9 Å². The third kappa shape index (κ3) is 3.97. The van der Waals surface area contributed by atoms with Crippen molar-refractivity contribution in [1.29, 1.82) is 0 Å². The quantitative estimate of drug-likeness (QED) is 0.710. The molecule has 4 nitrogen and oxygen atoms in total. The summed E-state index contributed by atoms with van der Waals surface area (Å²) in [4.78, 5) is 0.659. The summed E-state index contributed by atoms with van der Waals surface area (Å²) in [5.41, 5.74) is 3.93. The Bertz CT molecular complexity index is 816. The van der Waals surface area contributed by atoms with E-state index in [1.165, 1.54) is 0 Å². The summed E-state index contributed by atoms with van der Waals surface area (Å²) in [5.74, 6) is 0.812. The monoisotopic (exact) mass is 369 g/mol. The van der Waals surface area contributed by atoms with Crippen LogP contribution in [-0.2, 0) is 0 Å².